The number of halogens is 1. The lowest BCUT2D eigenvalue weighted by Gasteiger charge is -2.13. The molecule has 20 heavy (non-hydrogen) atoms. The van der Waals surface area contributed by atoms with Crippen LogP contribution >= 0.6 is 27.7 Å². The maximum atomic E-state index is 10.7. The largest absolute Gasteiger partial charge is 0.481 e. The van der Waals surface area contributed by atoms with E-state index in [0.717, 1.165) is 22.3 Å². The number of hydrogen-bond donors (Lipinski definition) is 1. The van der Waals surface area contributed by atoms with Gasteiger partial charge in [0.05, 0.1) is 11.4 Å². The minimum absolute atomic E-state index is 0.00362. The van der Waals surface area contributed by atoms with Crippen molar-refractivity contribution < 1.29 is 9.90 Å². The number of aryl methyl sites for hydroxylation is 2. The second-order valence-electron chi connectivity index (χ2n) is 4.36. The van der Waals surface area contributed by atoms with Gasteiger partial charge in [0.25, 0.3) is 0 Å². The van der Waals surface area contributed by atoms with E-state index in [9.17, 15) is 4.79 Å². The van der Waals surface area contributed by atoms with E-state index in [1.165, 1.54) is 17.3 Å². The minimum atomic E-state index is -0.842. The Morgan fingerprint density at radius 1 is 1.50 bits per heavy atom. The molecular weight excluding hydrogens is 340 g/mol. The number of imidazole rings is 1. The van der Waals surface area contributed by atoms with Gasteiger partial charge in [0.1, 0.15) is 0 Å². The van der Waals surface area contributed by atoms with Crippen LogP contribution in [0.4, 0.5) is 0 Å². The number of carbonyl (C=O) groups is 1. The number of nitrogens with zero attached hydrogens (tertiary/aromatic N) is 2. The Balaban J connectivity index is 2.47. The number of aromatic nitrogens is 2. The number of carboxylic acids is 1. The lowest BCUT2D eigenvalue weighted by molar-refractivity contribution is -0.133. The molecular formula is C14H15BrN2O2S. The molecule has 0 saturated heterocycles. The van der Waals surface area contributed by atoms with E-state index in [0.29, 0.717) is 5.16 Å². The Labute approximate surface area is 130 Å². The number of rotatable bonds is 5. The van der Waals surface area contributed by atoms with Crippen LogP contribution in [0.2, 0.25) is 0 Å². The molecule has 6 heteroatoms. The number of carboxylic acid groups (broad SMARTS) is 1. The second kappa shape index (κ2) is 6.45. The van der Waals surface area contributed by atoms with Crippen molar-refractivity contribution in [2.24, 2.45) is 0 Å². The van der Waals surface area contributed by atoms with Crippen molar-refractivity contribution in [3.8, 4) is 5.69 Å². The SMILES string of the molecule is CCc1cnc(SCC(=O)O)n1-c1ccc(C)cc1Br. The molecule has 106 valence electrons. The molecule has 0 amide bonds. The van der Waals surface area contributed by atoms with Gasteiger partial charge in [-0.1, -0.05) is 24.8 Å². The maximum Gasteiger partial charge on any atom is 0.313 e. The van der Waals surface area contributed by atoms with E-state index in [-0.39, 0.29) is 5.75 Å². The van der Waals surface area contributed by atoms with Gasteiger partial charge in [-0.05, 0) is 47.0 Å². The van der Waals surface area contributed by atoms with Crippen LogP contribution in [0.5, 0.6) is 0 Å². The number of benzene rings is 1. The summed E-state index contributed by atoms with van der Waals surface area (Å²) in [5.74, 6) is -0.838. The first-order valence-corrected chi connectivity index (χ1v) is 7.98. The van der Waals surface area contributed by atoms with Crippen molar-refractivity contribution >= 4 is 33.7 Å². The van der Waals surface area contributed by atoms with Gasteiger partial charge in [0.15, 0.2) is 5.16 Å². The van der Waals surface area contributed by atoms with Crippen LogP contribution in [0.25, 0.3) is 5.69 Å². The molecule has 0 fully saturated rings. The van der Waals surface area contributed by atoms with E-state index < -0.39 is 5.97 Å². The Bertz CT molecular complexity index is 640. The number of hydrogen-bond acceptors (Lipinski definition) is 3. The average Bonchev–Trinajstić information content (AvgIpc) is 2.79. The summed E-state index contributed by atoms with van der Waals surface area (Å²) >= 11 is 4.80. The van der Waals surface area contributed by atoms with Gasteiger partial charge >= 0.3 is 5.97 Å². The Morgan fingerprint density at radius 2 is 2.25 bits per heavy atom. The highest BCUT2D eigenvalue weighted by Crippen LogP contribution is 2.29. The topological polar surface area (TPSA) is 55.1 Å². The van der Waals surface area contributed by atoms with Crippen molar-refractivity contribution in [1.82, 2.24) is 9.55 Å². The molecule has 1 aromatic carbocycles. The molecule has 1 N–H and O–H groups in total. The summed E-state index contributed by atoms with van der Waals surface area (Å²) in [6.45, 7) is 4.09. The third-order valence-electron chi connectivity index (χ3n) is 2.83. The standard InChI is InChI=1S/C14H15BrN2O2S/c1-3-10-7-16-14(20-8-13(18)19)17(10)12-5-4-9(2)6-11(12)15/h4-7H,3,8H2,1-2H3,(H,18,19). The van der Waals surface area contributed by atoms with Crippen molar-refractivity contribution in [3.63, 3.8) is 0 Å². The molecule has 4 nitrogen and oxygen atoms in total. The smallest absolute Gasteiger partial charge is 0.313 e. The molecule has 2 aromatic rings. The van der Waals surface area contributed by atoms with Gasteiger partial charge in [0, 0.05) is 16.4 Å². The summed E-state index contributed by atoms with van der Waals surface area (Å²) in [4.78, 5) is 15.1. The van der Waals surface area contributed by atoms with Crippen LogP contribution < -0.4 is 0 Å². The highest BCUT2D eigenvalue weighted by molar-refractivity contribution is 9.10. The highest BCUT2D eigenvalue weighted by atomic mass is 79.9. The molecule has 2 rings (SSSR count). The van der Waals surface area contributed by atoms with E-state index in [2.05, 4.69) is 27.8 Å². The van der Waals surface area contributed by atoms with Crippen LogP contribution in [0.15, 0.2) is 34.0 Å². The van der Waals surface area contributed by atoms with Gasteiger partial charge < -0.3 is 5.11 Å². The van der Waals surface area contributed by atoms with Gasteiger partial charge in [-0.15, -0.1) is 0 Å². The lowest BCUT2D eigenvalue weighted by Crippen LogP contribution is -2.05. The van der Waals surface area contributed by atoms with Crippen LogP contribution in [0.3, 0.4) is 0 Å². The van der Waals surface area contributed by atoms with E-state index in [1.54, 1.807) is 6.20 Å². The first-order valence-electron chi connectivity index (χ1n) is 6.20. The van der Waals surface area contributed by atoms with Gasteiger partial charge in [-0.25, -0.2) is 4.98 Å². The Kier molecular flexibility index (Phi) is 4.88. The highest BCUT2D eigenvalue weighted by Gasteiger charge is 2.14. The van der Waals surface area contributed by atoms with Crippen molar-refractivity contribution in [2.45, 2.75) is 25.4 Å². The fourth-order valence-electron chi connectivity index (χ4n) is 1.90. The van der Waals surface area contributed by atoms with Gasteiger partial charge in [-0.2, -0.15) is 0 Å². The fraction of sp³-hybridized carbons (Fsp3) is 0.286. The van der Waals surface area contributed by atoms with Crippen molar-refractivity contribution in [1.29, 1.82) is 0 Å². The Morgan fingerprint density at radius 3 is 2.85 bits per heavy atom. The second-order valence-corrected chi connectivity index (χ2v) is 6.16. The van der Waals surface area contributed by atoms with Crippen molar-refractivity contribution in [3.05, 3.63) is 40.1 Å². The fourth-order valence-corrected chi connectivity index (χ4v) is 3.29. The lowest BCUT2D eigenvalue weighted by atomic mass is 10.2. The molecule has 0 unspecified atom stereocenters. The summed E-state index contributed by atoms with van der Waals surface area (Å²) in [5, 5.41) is 9.53. The molecule has 0 atom stereocenters. The molecule has 0 saturated carbocycles. The molecule has 0 aliphatic rings. The maximum absolute atomic E-state index is 10.7. The van der Waals surface area contributed by atoms with Crippen LogP contribution in [-0.4, -0.2) is 26.4 Å². The number of aliphatic carboxylic acids is 1. The first kappa shape index (κ1) is 15.1. The summed E-state index contributed by atoms with van der Waals surface area (Å²) in [7, 11) is 0. The van der Waals surface area contributed by atoms with E-state index in [4.69, 9.17) is 5.11 Å². The van der Waals surface area contributed by atoms with Gasteiger partial charge in [0.2, 0.25) is 0 Å². The van der Waals surface area contributed by atoms with E-state index in [1.807, 2.05) is 29.7 Å². The predicted molar refractivity (Wildman–Crippen MR) is 83.7 cm³/mol. The Hall–Kier alpha value is -1.27. The summed E-state index contributed by atoms with van der Waals surface area (Å²) in [6, 6.07) is 6.09. The first-order chi connectivity index (χ1) is 9.52. The third kappa shape index (κ3) is 3.24. The van der Waals surface area contributed by atoms with Gasteiger partial charge in [-0.3, -0.25) is 9.36 Å². The zero-order valence-corrected chi connectivity index (χ0v) is 13.7. The van der Waals surface area contributed by atoms with Crippen molar-refractivity contribution in [2.75, 3.05) is 5.75 Å². The quantitative estimate of drug-likeness (QED) is 0.832. The van der Waals surface area contributed by atoms with E-state index >= 15 is 0 Å². The van der Waals surface area contributed by atoms with Crippen LogP contribution in [-0.2, 0) is 11.2 Å². The predicted octanol–water partition coefficient (Wildman–Crippen LogP) is 3.68. The molecule has 0 bridgehead atoms. The van der Waals surface area contributed by atoms with Crippen LogP contribution in [0, 0.1) is 6.92 Å². The summed E-state index contributed by atoms with van der Waals surface area (Å²) < 4.78 is 2.99. The molecule has 0 radical (unpaired) electrons. The zero-order valence-electron chi connectivity index (χ0n) is 11.3. The monoisotopic (exact) mass is 354 g/mol. The zero-order chi connectivity index (χ0) is 14.7. The third-order valence-corrected chi connectivity index (χ3v) is 4.41. The summed E-state index contributed by atoms with van der Waals surface area (Å²) in [6.07, 6.45) is 2.64. The number of thioether (sulfide) groups is 1. The molecule has 1 aromatic heterocycles. The molecule has 0 aliphatic carbocycles. The average molecular weight is 355 g/mol. The normalized spacial score (nSPS) is 10.8. The minimum Gasteiger partial charge on any atom is -0.481 e. The summed E-state index contributed by atoms with van der Waals surface area (Å²) in [5.41, 5.74) is 3.21. The molecule has 0 spiro atoms. The molecule has 0 aliphatic heterocycles. The van der Waals surface area contributed by atoms with Crippen LogP contribution in [0.1, 0.15) is 18.2 Å². The molecule has 1 heterocycles.